The third-order valence-electron chi connectivity index (χ3n) is 4.15. The molecule has 0 aliphatic carbocycles. The fraction of sp³-hybridized carbons (Fsp3) is 0.263. The lowest BCUT2D eigenvalue weighted by atomic mass is 10.00. The molecule has 2 aromatic carbocycles. The molecule has 1 amide bonds. The Morgan fingerprint density at radius 2 is 1.72 bits per heavy atom. The highest BCUT2D eigenvalue weighted by Crippen LogP contribution is 2.33. The molecule has 0 fully saturated rings. The van der Waals surface area contributed by atoms with Crippen LogP contribution in [-0.2, 0) is 22.2 Å². The van der Waals surface area contributed by atoms with Crippen molar-refractivity contribution in [3.05, 3.63) is 71.0 Å². The highest BCUT2D eigenvalue weighted by atomic mass is 19.4. The number of hydrogen-bond donors (Lipinski definition) is 4. The zero-order valence-corrected chi connectivity index (χ0v) is 14.9. The molecule has 0 radical (unpaired) electrons. The number of carbonyl (C=O) groups excluding carboxylic acids is 1. The topological polar surface area (TPSA) is 113 Å². The molecule has 0 aliphatic rings. The van der Waals surface area contributed by atoms with Crippen LogP contribution >= 0.6 is 0 Å². The number of halogens is 4. The predicted octanol–water partition coefficient (Wildman–Crippen LogP) is 2.02. The molecule has 10 heteroatoms. The van der Waals surface area contributed by atoms with E-state index in [0.29, 0.717) is 12.1 Å². The number of hydrogen-bond acceptors (Lipinski definition) is 4. The number of aliphatic hydroxyl groups excluding tert-OH is 1. The largest absolute Gasteiger partial charge is 0.479 e. The van der Waals surface area contributed by atoms with Crippen molar-refractivity contribution in [3.8, 4) is 0 Å². The summed E-state index contributed by atoms with van der Waals surface area (Å²) in [5.41, 5.74) is 4.32. The number of carboxylic acid groups (broad SMARTS) is 1. The van der Waals surface area contributed by atoms with Gasteiger partial charge in [0.25, 0.3) is 5.91 Å². The molecule has 0 aliphatic heterocycles. The molecule has 1 unspecified atom stereocenters. The van der Waals surface area contributed by atoms with Crippen LogP contribution in [0.15, 0.2) is 48.5 Å². The van der Waals surface area contributed by atoms with E-state index in [1.165, 1.54) is 0 Å². The Balaban J connectivity index is 2.18. The molecule has 0 spiro atoms. The lowest BCUT2D eigenvalue weighted by Crippen LogP contribution is -2.49. The Labute approximate surface area is 163 Å². The highest BCUT2D eigenvalue weighted by molar-refractivity contribution is 5.87. The molecule has 2 rings (SSSR count). The molecular weight excluding hydrogens is 396 g/mol. The van der Waals surface area contributed by atoms with E-state index in [2.05, 4.69) is 0 Å². The van der Waals surface area contributed by atoms with E-state index in [4.69, 9.17) is 5.73 Å². The number of aliphatic carboxylic acids is 1. The van der Waals surface area contributed by atoms with Gasteiger partial charge in [-0.3, -0.25) is 4.79 Å². The van der Waals surface area contributed by atoms with Gasteiger partial charge in [0.05, 0.1) is 5.56 Å². The van der Waals surface area contributed by atoms with Crippen LogP contribution in [0.4, 0.5) is 17.6 Å². The fourth-order valence-corrected chi connectivity index (χ4v) is 2.65. The summed E-state index contributed by atoms with van der Waals surface area (Å²) in [6.45, 7) is 0. The molecule has 5 N–H and O–H groups in total. The molecule has 0 aromatic heterocycles. The maximum absolute atomic E-state index is 13.4. The van der Waals surface area contributed by atoms with Gasteiger partial charge in [0.15, 0.2) is 6.04 Å². The minimum Gasteiger partial charge on any atom is -0.479 e. The second kappa shape index (κ2) is 9.01. The monoisotopic (exact) mass is 414 g/mol. The van der Waals surface area contributed by atoms with Crippen LogP contribution < -0.4 is 11.1 Å². The van der Waals surface area contributed by atoms with Gasteiger partial charge in [-0.2, -0.15) is 13.2 Å². The number of carbonyl (C=O) groups is 2. The summed E-state index contributed by atoms with van der Waals surface area (Å²) in [6, 6.07) is 7.15. The van der Waals surface area contributed by atoms with Crippen molar-refractivity contribution in [2.75, 3.05) is 0 Å². The second-order valence-corrected chi connectivity index (χ2v) is 6.32. The van der Waals surface area contributed by atoms with Gasteiger partial charge in [-0.25, -0.2) is 9.18 Å². The minimum absolute atomic E-state index is 0.0991. The average molecular weight is 414 g/mol. The molecule has 29 heavy (non-hydrogen) atoms. The smallest absolute Gasteiger partial charge is 0.419 e. The molecule has 3 atom stereocenters. The summed E-state index contributed by atoms with van der Waals surface area (Å²) in [6.07, 6.45) is -6.77. The molecule has 156 valence electrons. The zero-order valence-electron chi connectivity index (χ0n) is 14.9. The maximum Gasteiger partial charge on any atom is 0.419 e. The number of nitrogens with one attached hydrogen (secondary N) is 1. The number of rotatable bonds is 7. The quantitative estimate of drug-likeness (QED) is 0.518. The molecule has 0 saturated carbocycles. The standard InChI is InChI=1S/C19H18F4N2O4/c20-13-7-6-11(9-12(13)19(21,22)23)15(18(28)29)25-17(27)16(26)14(24)8-10-4-2-1-3-5-10/h1-7,9,14-16,26H,8,24H2,(H,25,27)(H,28,29)/t14-,15?,16+/m1/s1. The normalized spacial score (nSPS) is 14.7. The van der Waals surface area contributed by atoms with E-state index in [1.807, 2.05) is 5.32 Å². The van der Waals surface area contributed by atoms with Crippen molar-refractivity contribution in [1.82, 2.24) is 5.32 Å². The van der Waals surface area contributed by atoms with E-state index in [9.17, 15) is 37.4 Å². The summed E-state index contributed by atoms with van der Waals surface area (Å²) in [7, 11) is 0. The molecule has 0 saturated heterocycles. The summed E-state index contributed by atoms with van der Waals surface area (Å²) >= 11 is 0. The van der Waals surface area contributed by atoms with E-state index in [0.717, 1.165) is 11.6 Å². The summed E-state index contributed by atoms with van der Waals surface area (Å²) in [5, 5.41) is 21.3. The highest BCUT2D eigenvalue weighted by Gasteiger charge is 2.36. The molecular formula is C19H18F4N2O4. The van der Waals surface area contributed by atoms with Crippen LogP contribution in [0.2, 0.25) is 0 Å². The number of alkyl halides is 3. The number of carboxylic acids is 1. The van der Waals surface area contributed by atoms with Crippen LogP contribution in [0.25, 0.3) is 0 Å². The Hall–Kier alpha value is -2.98. The SMILES string of the molecule is N[C@H](Cc1ccccc1)[C@H](O)C(=O)NC(C(=O)O)c1ccc(F)c(C(F)(F)F)c1. The molecule has 6 nitrogen and oxygen atoms in total. The molecule has 0 bridgehead atoms. The number of nitrogens with two attached hydrogens (primary N) is 1. The molecule has 2 aromatic rings. The van der Waals surface area contributed by atoms with Crippen molar-refractivity contribution >= 4 is 11.9 Å². The zero-order chi connectivity index (χ0) is 21.8. The van der Waals surface area contributed by atoms with Gasteiger partial charge < -0.3 is 21.3 Å². The average Bonchev–Trinajstić information content (AvgIpc) is 2.65. The van der Waals surface area contributed by atoms with Crippen molar-refractivity contribution < 1.29 is 37.4 Å². The van der Waals surface area contributed by atoms with Gasteiger partial charge in [0.2, 0.25) is 0 Å². The van der Waals surface area contributed by atoms with Crippen molar-refractivity contribution in [2.45, 2.75) is 30.8 Å². The summed E-state index contributed by atoms with van der Waals surface area (Å²) in [5.74, 6) is -4.46. The third kappa shape index (κ3) is 5.75. The van der Waals surface area contributed by atoms with Crippen LogP contribution in [0.3, 0.4) is 0 Å². The van der Waals surface area contributed by atoms with E-state index in [1.54, 1.807) is 30.3 Å². The van der Waals surface area contributed by atoms with Gasteiger partial charge in [-0.1, -0.05) is 36.4 Å². The van der Waals surface area contributed by atoms with Crippen molar-refractivity contribution in [2.24, 2.45) is 5.73 Å². The van der Waals surface area contributed by atoms with Gasteiger partial charge >= 0.3 is 12.1 Å². The lowest BCUT2D eigenvalue weighted by molar-refractivity contribution is -0.144. The first-order chi connectivity index (χ1) is 13.5. The van der Waals surface area contributed by atoms with Gasteiger partial charge in [0.1, 0.15) is 11.9 Å². The fourth-order valence-electron chi connectivity index (χ4n) is 2.65. The lowest BCUT2D eigenvalue weighted by Gasteiger charge is -2.22. The van der Waals surface area contributed by atoms with Crippen LogP contribution in [0.1, 0.15) is 22.7 Å². The van der Waals surface area contributed by atoms with Gasteiger partial charge in [-0.15, -0.1) is 0 Å². The number of benzene rings is 2. The summed E-state index contributed by atoms with van der Waals surface area (Å²) < 4.78 is 52.0. The van der Waals surface area contributed by atoms with Crippen LogP contribution in [0, 0.1) is 5.82 Å². The Bertz CT molecular complexity index is 874. The first kappa shape index (κ1) is 22.3. The van der Waals surface area contributed by atoms with Crippen LogP contribution in [0.5, 0.6) is 0 Å². The Morgan fingerprint density at radius 1 is 1.10 bits per heavy atom. The molecule has 0 heterocycles. The number of amides is 1. The van der Waals surface area contributed by atoms with E-state index >= 15 is 0 Å². The first-order valence-electron chi connectivity index (χ1n) is 8.38. The van der Waals surface area contributed by atoms with Crippen molar-refractivity contribution in [1.29, 1.82) is 0 Å². The van der Waals surface area contributed by atoms with E-state index < -0.39 is 53.2 Å². The van der Waals surface area contributed by atoms with Crippen molar-refractivity contribution in [3.63, 3.8) is 0 Å². The minimum atomic E-state index is -5.05. The van der Waals surface area contributed by atoms with Gasteiger partial charge in [-0.05, 0) is 29.7 Å². The maximum atomic E-state index is 13.4. The second-order valence-electron chi connectivity index (χ2n) is 6.32. The third-order valence-corrected chi connectivity index (χ3v) is 4.15. The summed E-state index contributed by atoms with van der Waals surface area (Å²) in [4.78, 5) is 23.7. The van der Waals surface area contributed by atoms with Crippen LogP contribution in [-0.4, -0.2) is 34.2 Å². The first-order valence-corrected chi connectivity index (χ1v) is 8.38. The van der Waals surface area contributed by atoms with Gasteiger partial charge in [0, 0.05) is 6.04 Å². The Morgan fingerprint density at radius 3 is 2.28 bits per heavy atom. The number of aliphatic hydroxyl groups is 1. The predicted molar refractivity (Wildman–Crippen MR) is 94.0 cm³/mol. The Kier molecular flexibility index (Phi) is 6.93. The van der Waals surface area contributed by atoms with E-state index in [-0.39, 0.29) is 6.42 Å².